The predicted molar refractivity (Wildman–Crippen MR) is 105 cm³/mol. The summed E-state index contributed by atoms with van der Waals surface area (Å²) in [4.78, 5) is 28.9. The van der Waals surface area contributed by atoms with Crippen molar-refractivity contribution in [2.24, 2.45) is 0 Å². The Labute approximate surface area is 159 Å². The van der Waals surface area contributed by atoms with Crippen LogP contribution in [0.5, 0.6) is 0 Å². The number of nitrogens with one attached hydrogen (secondary N) is 1. The Balaban J connectivity index is 1.66. The molecule has 0 aliphatic heterocycles. The quantitative estimate of drug-likeness (QED) is 0.638. The zero-order valence-electron chi connectivity index (χ0n) is 14.4. The second kappa shape index (κ2) is 8.25. The summed E-state index contributed by atoms with van der Waals surface area (Å²) in [5, 5.41) is 7.27. The molecule has 1 N–H and O–H groups in total. The molecule has 134 valence electrons. The smallest absolute Gasteiger partial charge is 0.350 e. The third kappa shape index (κ3) is 4.17. The lowest BCUT2D eigenvalue weighted by molar-refractivity contribution is -0.115. The molecule has 0 radical (unpaired) electrons. The van der Waals surface area contributed by atoms with Crippen molar-refractivity contribution in [3.8, 4) is 10.6 Å². The lowest BCUT2D eigenvalue weighted by atomic mass is 10.1. The Morgan fingerprint density at radius 3 is 2.62 bits per heavy atom. The summed E-state index contributed by atoms with van der Waals surface area (Å²) in [5.41, 5.74) is 3.50. The number of aromatic nitrogens is 1. The molecule has 2 heterocycles. The van der Waals surface area contributed by atoms with Gasteiger partial charge in [-0.1, -0.05) is 31.2 Å². The van der Waals surface area contributed by atoms with E-state index in [1.165, 1.54) is 35.3 Å². The van der Waals surface area contributed by atoms with Gasteiger partial charge in [-0.15, -0.1) is 22.7 Å². The van der Waals surface area contributed by atoms with E-state index in [4.69, 9.17) is 4.74 Å². The SMILES string of the molecule is CCc1ccc(-c2nc(CC(=O)Nc3ccsc3C(=O)OC)cs2)cc1. The highest BCUT2D eigenvalue weighted by atomic mass is 32.1. The molecule has 0 saturated carbocycles. The van der Waals surface area contributed by atoms with Crippen molar-refractivity contribution in [2.45, 2.75) is 19.8 Å². The maximum atomic E-state index is 12.3. The molecule has 0 bridgehead atoms. The number of methoxy groups -OCH3 is 1. The van der Waals surface area contributed by atoms with E-state index in [2.05, 4.69) is 41.5 Å². The van der Waals surface area contributed by atoms with Crippen molar-refractivity contribution in [1.82, 2.24) is 4.98 Å². The summed E-state index contributed by atoms with van der Waals surface area (Å²) in [6.07, 6.45) is 1.15. The van der Waals surface area contributed by atoms with Crippen molar-refractivity contribution >= 4 is 40.2 Å². The average Bonchev–Trinajstić information content (AvgIpc) is 3.30. The van der Waals surface area contributed by atoms with E-state index in [-0.39, 0.29) is 12.3 Å². The largest absolute Gasteiger partial charge is 0.465 e. The molecule has 1 amide bonds. The fraction of sp³-hybridized carbons (Fsp3) is 0.211. The first-order valence-corrected chi connectivity index (χ1v) is 9.86. The summed E-state index contributed by atoms with van der Waals surface area (Å²) in [6.45, 7) is 2.12. The van der Waals surface area contributed by atoms with Crippen LogP contribution in [-0.2, 0) is 22.4 Å². The lowest BCUT2D eigenvalue weighted by Gasteiger charge is -2.04. The van der Waals surface area contributed by atoms with E-state index in [1.807, 2.05) is 5.38 Å². The summed E-state index contributed by atoms with van der Waals surface area (Å²) in [5.74, 6) is -0.673. The van der Waals surface area contributed by atoms with Gasteiger partial charge in [-0.05, 0) is 23.4 Å². The molecule has 0 saturated heterocycles. The number of aryl methyl sites for hydroxylation is 1. The van der Waals surface area contributed by atoms with E-state index in [9.17, 15) is 9.59 Å². The third-order valence-electron chi connectivity index (χ3n) is 3.81. The molecule has 7 heteroatoms. The van der Waals surface area contributed by atoms with E-state index in [0.29, 0.717) is 16.3 Å². The highest BCUT2D eigenvalue weighted by Crippen LogP contribution is 2.26. The molecule has 1 aromatic carbocycles. The number of ether oxygens (including phenoxy) is 1. The van der Waals surface area contributed by atoms with Gasteiger partial charge >= 0.3 is 5.97 Å². The first-order chi connectivity index (χ1) is 12.6. The Hall–Kier alpha value is -2.51. The summed E-state index contributed by atoms with van der Waals surface area (Å²) >= 11 is 2.75. The summed E-state index contributed by atoms with van der Waals surface area (Å²) in [6, 6.07) is 9.98. The minimum atomic E-state index is -0.457. The summed E-state index contributed by atoms with van der Waals surface area (Å²) in [7, 11) is 1.32. The predicted octanol–water partition coefficient (Wildman–Crippen LogP) is 4.40. The number of hydrogen-bond donors (Lipinski definition) is 1. The Morgan fingerprint density at radius 2 is 1.92 bits per heavy atom. The highest BCUT2D eigenvalue weighted by molar-refractivity contribution is 7.13. The standard InChI is InChI=1S/C19H18N2O3S2/c1-3-12-4-6-13(7-5-12)18-20-14(11-26-18)10-16(22)21-15-8-9-25-17(15)19(23)24-2/h4-9,11H,3,10H2,1-2H3,(H,21,22). The van der Waals surface area contributed by atoms with Crippen LogP contribution >= 0.6 is 22.7 Å². The molecule has 3 rings (SSSR count). The fourth-order valence-electron chi connectivity index (χ4n) is 2.42. The minimum absolute atomic E-state index is 0.153. The van der Waals surface area contributed by atoms with Gasteiger partial charge in [0.1, 0.15) is 9.88 Å². The summed E-state index contributed by atoms with van der Waals surface area (Å²) < 4.78 is 4.71. The van der Waals surface area contributed by atoms with Gasteiger partial charge in [-0.3, -0.25) is 4.79 Å². The van der Waals surface area contributed by atoms with Gasteiger partial charge in [0.2, 0.25) is 5.91 Å². The van der Waals surface area contributed by atoms with Crippen LogP contribution in [0.15, 0.2) is 41.1 Å². The van der Waals surface area contributed by atoms with Gasteiger partial charge in [0.05, 0.1) is 24.9 Å². The molecule has 0 atom stereocenters. The first-order valence-electron chi connectivity index (χ1n) is 8.10. The van der Waals surface area contributed by atoms with Gasteiger partial charge in [-0.25, -0.2) is 9.78 Å². The number of carbonyl (C=O) groups excluding carboxylic acids is 2. The van der Waals surface area contributed by atoms with Crippen LogP contribution < -0.4 is 5.32 Å². The van der Waals surface area contributed by atoms with Crippen molar-refractivity contribution < 1.29 is 14.3 Å². The van der Waals surface area contributed by atoms with E-state index >= 15 is 0 Å². The van der Waals surface area contributed by atoms with E-state index < -0.39 is 5.97 Å². The normalized spacial score (nSPS) is 10.5. The van der Waals surface area contributed by atoms with Crippen molar-refractivity contribution in [3.63, 3.8) is 0 Å². The number of nitrogens with zero attached hydrogens (tertiary/aromatic N) is 1. The molecule has 0 fully saturated rings. The fourth-order valence-corrected chi connectivity index (χ4v) is 4.01. The van der Waals surface area contributed by atoms with Crippen LogP contribution in [0, 0.1) is 0 Å². The molecule has 0 spiro atoms. The zero-order valence-corrected chi connectivity index (χ0v) is 16.1. The second-order valence-corrected chi connectivity index (χ2v) is 7.35. The number of rotatable bonds is 6. The number of carbonyl (C=O) groups is 2. The Morgan fingerprint density at radius 1 is 1.15 bits per heavy atom. The molecule has 5 nitrogen and oxygen atoms in total. The van der Waals surface area contributed by atoms with Gasteiger partial charge in [0.15, 0.2) is 0 Å². The molecular weight excluding hydrogens is 368 g/mol. The van der Waals surface area contributed by atoms with Crippen LogP contribution in [0.2, 0.25) is 0 Å². The van der Waals surface area contributed by atoms with E-state index in [1.54, 1.807) is 11.4 Å². The molecule has 0 unspecified atom stereocenters. The van der Waals surface area contributed by atoms with Crippen LogP contribution in [0.3, 0.4) is 0 Å². The first kappa shape index (κ1) is 18.3. The zero-order chi connectivity index (χ0) is 18.5. The van der Waals surface area contributed by atoms with Gasteiger partial charge in [-0.2, -0.15) is 0 Å². The van der Waals surface area contributed by atoms with Gasteiger partial charge in [0.25, 0.3) is 0 Å². The lowest BCUT2D eigenvalue weighted by Crippen LogP contribution is -2.16. The maximum absolute atomic E-state index is 12.3. The average molecular weight is 386 g/mol. The molecule has 3 aromatic rings. The molecule has 2 aromatic heterocycles. The number of benzene rings is 1. The molecule has 0 aliphatic carbocycles. The Kier molecular flexibility index (Phi) is 5.80. The topological polar surface area (TPSA) is 68.3 Å². The van der Waals surface area contributed by atoms with Gasteiger partial charge in [0, 0.05) is 10.9 Å². The van der Waals surface area contributed by atoms with Crippen molar-refractivity contribution in [1.29, 1.82) is 0 Å². The maximum Gasteiger partial charge on any atom is 0.350 e. The van der Waals surface area contributed by atoms with Crippen LogP contribution in [-0.4, -0.2) is 24.0 Å². The van der Waals surface area contributed by atoms with Crippen molar-refractivity contribution in [3.05, 3.63) is 57.2 Å². The number of hydrogen-bond acceptors (Lipinski definition) is 6. The van der Waals surface area contributed by atoms with Crippen LogP contribution in [0.4, 0.5) is 5.69 Å². The third-order valence-corrected chi connectivity index (χ3v) is 5.65. The second-order valence-electron chi connectivity index (χ2n) is 5.57. The Bertz CT molecular complexity index is 913. The van der Waals surface area contributed by atoms with Crippen LogP contribution in [0.1, 0.15) is 27.9 Å². The minimum Gasteiger partial charge on any atom is -0.465 e. The number of anilines is 1. The van der Waals surface area contributed by atoms with Crippen LogP contribution in [0.25, 0.3) is 10.6 Å². The molecule has 26 heavy (non-hydrogen) atoms. The number of thiophene rings is 1. The number of thiazole rings is 1. The molecule has 0 aliphatic rings. The highest BCUT2D eigenvalue weighted by Gasteiger charge is 2.16. The van der Waals surface area contributed by atoms with Crippen molar-refractivity contribution in [2.75, 3.05) is 12.4 Å². The molecular formula is C19H18N2O3S2. The monoisotopic (exact) mass is 386 g/mol. The van der Waals surface area contributed by atoms with E-state index in [0.717, 1.165) is 17.0 Å². The number of esters is 1. The van der Waals surface area contributed by atoms with Gasteiger partial charge < -0.3 is 10.1 Å². The number of amides is 1.